The molecule has 30 heavy (non-hydrogen) atoms. The summed E-state index contributed by atoms with van der Waals surface area (Å²) in [4.78, 5) is 31.9. The number of esters is 2. The second kappa shape index (κ2) is 7.86. The molecule has 0 saturated heterocycles. The van der Waals surface area contributed by atoms with E-state index < -0.39 is 0 Å². The maximum atomic E-state index is 12.7. The molecule has 2 aromatic carbocycles. The molecule has 0 aliphatic heterocycles. The first-order valence-corrected chi connectivity index (χ1v) is 10.5. The highest BCUT2D eigenvalue weighted by molar-refractivity contribution is 6.27. The zero-order valence-electron chi connectivity index (χ0n) is 17.8. The Morgan fingerprint density at radius 3 is 1.47 bits per heavy atom. The van der Waals surface area contributed by atoms with Crippen LogP contribution in [-0.2, 0) is 22.3 Å². The Labute approximate surface area is 174 Å². The predicted octanol–water partition coefficient (Wildman–Crippen LogP) is 5.28. The zero-order chi connectivity index (χ0) is 21.4. The molecule has 0 aliphatic rings. The van der Waals surface area contributed by atoms with Crippen LogP contribution in [0.25, 0.3) is 32.6 Å². The zero-order valence-corrected chi connectivity index (χ0v) is 17.8. The Kier molecular flexibility index (Phi) is 5.24. The summed E-state index contributed by atoms with van der Waals surface area (Å²) in [5.41, 5.74) is 4.41. The molecular formula is C24H26N2O4. The van der Waals surface area contributed by atoms with Gasteiger partial charge < -0.3 is 19.4 Å². The number of rotatable bonds is 6. The average Bonchev–Trinajstić information content (AvgIpc) is 3.33. The Morgan fingerprint density at radius 1 is 0.733 bits per heavy atom. The minimum Gasteiger partial charge on any atom is -0.461 e. The highest BCUT2D eigenvalue weighted by atomic mass is 16.5. The third kappa shape index (κ3) is 2.86. The van der Waals surface area contributed by atoms with Gasteiger partial charge in [0.2, 0.25) is 0 Å². The molecule has 4 rings (SSSR count). The van der Waals surface area contributed by atoms with E-state index in [0.717, 1.165) is 43.7 Å². The van der Waals surface area contributed by atoms with E-state index in [2.05, 4.69) is 22.1 Å². The standard InChI is InChI=1S/C24H26N2O4/c1-5-13-17-15-11-9-10-12-16(15)18-14(6-2)20(24(28)30-8-4)26-22(18)21(17)25-19(13)23(27)29-7-3/h9-12,25-26H,5-8H2,1-4H3. The van der Waals surface area contributed by atoms with Crippen molar-refractivity contribution in [2.75, 3.05) is 13.2 Å². The maximum absolute atomic E-state index is 12.7. The molecule has 156 valence electrons. The summed E-state index contributed by atoms with van der Waals surface area (Å²) in [6.45, 7) is 8.26. The lowest BCUT2D eigenvalue weighted by atomic mass is 9.95. The van der Waals surface area contributed by atoms with Gasteiger partial charge in [-0.05, 0) is 48.6 Å². The van der Waals surface area contributed by atoms with E-state index in [1.165, 1.54) is 0 Å². The van der Waals surface area contributed by atoms with Gasteiger partial charge in [0.1, 0.15) is 11.4 Å². The van der Waals surface area contributed by atoms with Crippen molar-refractivity contribution in [3.8, 4) is 0 Å². The lowest BCUT2D eigenvalue weighted by Gasteiger charge is -2.07. The number of carbonyl (C=O) groups excluding carboxylic acids is 2. The number of ether oxygens (including phenoxy) is 2. The van der Waals surface area contributed by atoms with Gasteiger partial charge in [-0.3, -0.25) is 0 Å². The number of hydrogen-bond donors (Lipinski definition) is 2. The summed E-state index contributed by atoms with van der Waals surface area (Å²) < 4.78 is 10.6. The molecule has 0 atom stereocenters. The van der Waals surface area contributed by atoms with Crippen LogP contribution in [0.5, 0.6) is 0 Å². The second-order valence-electron chi connectivity index (χ2n) is 7.15. The van der Waals surface area contributed by atoms with Crippen molar-refractivity contribution < 1.29 is 19.1 Å². The fraction of sp³-hybridized carbons (Fsp3) is 0.333. The van der Waals surface area contributed by atoms with Crippen molar-refractivity contribution in [2.45, 2.75) is 40.5 Å². The van der Waals surface area contributed by atoms with Crippen molar-refractivity contribution >= 4 is 44.5 Å². The first-order valence-electron chi connectivity index (χ1n) is 10.5. The smallest absolute Gasteiger partial charge is 0.355 e. The van der Waals surface area contributed by atoms with E-state index in [-0.39, 0.29) is 11.9 Å². The van der Waals surface area contributed by atoms with Crippen molar-refractivity contribution in [3.63, 3.8) is 0 Å². The van der Waals surface area contributed by atoms with E-state index >= 15 is 0 Å². The fourth-order valence-electron chi connectivity index (χ4n) is 4.43. The molecule has 0 amide bonds. The predicted molar refractivity (Wildman–Crippen MR) is 118 cm³/mol. The Bertz CT molecular complexity index is 1180. The molecule has 4 aromatic rings. The summed E-state index contributed by atoms with van der Waals surface area (Å²) in [7, 11) is 0. The average molecular weight is 406 g/mol. The number of nitrogens with one attached hydrogen (secondary N) is 2. The number of aromatic nitrogens is 2. The molecular weight excluding hydrogens is 380 g/mol. The van der Waals surface area contributed by atoms with Crippen molar-refractivity contribution in [1.82, 2.24) is 9.97 Å². The quantitative estimate of drug-likeness (QED) is 0.427. The Hall–Kier alpha value is -3.28. The molecule has 6 nitrogen and oxygen atoms in total. The molecule has 0 radical (unpaired) electrons. The maximum Gasteiger partial charge on any atom is 0.355 e. The SMILES string of the molecule is CCOC(=O)c1[nH]c2c3[nH]c(C(=O)OCC)c(CC)c3c3ccccc3c2c1CC. The van der Waals surface area contributed by atoms with E-state index in [0.29, 0.717) is 37.4 Å². The first-order chi connectivity index (χ1) is 14.6. The van der Waals surface area contributed by atoms with Gasteiger partial charge in [0.25, 0.3) is 0 Å². The van der Waals surface area contributed by atoms with Crippen LogP contribution in [-0.4, -0.2) is 35.1 Å². The van der Waals surface area contributed by atoms with Gasteiger partial charge >= 0.3 is 11.9 Å². The van der Waals surface area contributed by atoms with Gasteiger partial charge in [-0.1, -0.05) is 38.1 Å². The van der Waals surface area contributed by atoms with E-state index in [9.17, 15) is 9.59 Å². The van der Waals surface area contributed by atoms with Crippen LogP contribution in [0.4, 0.5) is 0 Å². The van der Waals surface area contributed by atoms with Crippen molar-refractivity contribution in [2.24, 2.45) is 0 Å². The molecule has 2 N–H and O–H groups in total. The third-order valence-electron chi connectivity index (χ3n) is 5.59. The Balaban J connectivity index is 2.20. The van der Waals surface area contributed by atoms with E-state index in [1.54, 1.807) is 13.8 Å². The summed E-state index contributed by atoms with van der Waals surface area (Å²) >= 11 is 0. The third-order valence-corrected chi connectivity index (χ3v) is 5.59. The van der Waals surface area contributed by atoms with Gasteiger partial charge in [-0.15, -0.1) is 0 Å². The number of aryl methyl sites for hydroxylation is 2. The monoisotopic (exact) mass is 406 g/mol. The number of carbonyl (C=O) groups is 2. The minimum atomic E-state index is -0.365. The van der Waals surface area contributed by atoms with Gasteiger partial charge in [0.15, 0.2) is 0 Å². The summed E-state index contributed by atoms with van der Waals surface area (Å²) in [6, 6.07) is 8.12. The first kappa shape index (κ1) is 20.0. The summed E-state index contributed by atoms with van der Waals surface area (Å²) in [5, 5.41) is 4.08. The number of benzene rings is 2. The molecule has 0 fully saturated rings. The number of fused-ring (bicyclic) bond motifs is 6. The lowest BCUT2D eigenvalue weighted by molar-refractivity contribution is 0.0509. The van der Waals surface area contributed by atoms with Gasteiger partial charge in [-0.2, -0.15) is 0 Å². The van der Waals surface area contributed by atoms with Crippen LogP contribution in [0.3, 0.4) is 0 Å². The lowest BCUT2D eigenvalue weighted by Crippen LogP contribution is -2.07. The molecule has 0 saturated carbocycles. The van der Waals surface area contributed by atoms with Gasteiger partial charge in [0, 0.05) is 10.8 Å². The highest BCUT2D eigenvalue weighted by Gasteiger charge is 2.26. The molecule has 2 heterocycles. The number of hydrogen-bond acceptors (Lipinski definition) is 4. The van der Waals surface area contributed by atoms with Crippen LogP contribution < -0.4 is 0 Å². The summed E-state index contributed by atoms with van der Waals surface area (Å²) in [5.74, 6) is -0.730. The normalized spacial score (nSPS) is 11.5. The molecule has 6 heteroatoms. The topological polar surface area (TPSA) is 84.2 Å². The largest absolute Gasteiger partial charge is 0.461 e. The van der Waals surface area contributed by atoms with E-state index in [4.69, 9.17) is 9.47 Å². The van der Waals surface area contributed by atoms with Crippen LogP contribution in [0.1, 0.15) is 59.8 Å². The van der Waals surface area contributed by atoms with Crippen molar-refractivity contribution in [3.05, 3.63) is 46.8 Å². The summed E-state index contributed by atoms with van der Waals surface area (Å²) in [6.07, 6.45) is 1.35. The Morgan fingerprint density at radius 2 is 1.13 bits per heavy atom. The van der Waals surface area contributed by atoms with E-state index in [1.807, 2.05) is 26.0 Å². The molecule has 0 aliphatic carbocycles. The number of H-pyrrole nitrogens is 2. The van der Waals surface area contributed by atoms with Gasteiger partial charge in [0.05, 0.1) is 24.2 Å². The fourth-order valence-corrected chi connectivity index (χ4v) is 4.43. The highest BCUT2D eigenvalue weighted by Crippen LogP contribution is 2.40. The van der Waals surface area contributed by atoms with Crippen LogP contribution in [0.15, 0.2) is 24.3 Å². The van der Waals surface area contributed by atoms with Crippen LogP contribution in [0.2, 0.25) is 0 Å². The molecule has 0 unspecified atom stereocenters. The minimum absolute atomic E-state index is 0.309. The second-order valence-corrected chi connectivity index (χ2v) is 7.15. The molecule has 0 spiro atoms. The van der Waals surface area contributed by atoms with Crippen LogP contribution >= 0.6 is 0 Å². The van der Waals surface area contributed by atoms with Gasteiger partial charge in [-0.25, -0.2) is 9.59 Å². The number of aromatic amines is 2. The molecule has 2 aromatic heterocycles. The van der Waals surface area contributed by atoms with Crippen LogP contribution in [0, 0.1) is 0 Å². The molecule has 0 bridgehead atoms. The van der Waals surface area contributed by atoms with Crippen molar-refractivity contribution in [1.29, 1.82) is 0 Å².